The summed E-state index contributed by atoms with van der Waals surface area (Å²) >= 11 is 0. The summed E-state index contributed by atoms with van der Waals surface area (Å²) in [6.45, 7) is 11.5. The van der Waals surface area contributed by atoms with E-state index >= 15 is 0 Å². The van der Waals surface area contributed by atoms with E-state index in [1.54, 1.807) is 0 Å². The van der Waals surface area contributed by atoms with Gasteiger partial charge in [-0.1, -0.05) is 130 Å². The predicted molar refractivity (Wildman–Crippen MR) is 220 cm³/mol. The van der Waals surface area contributed by atoms with Crippen LogP contribution in [0.25, 0.3) is 22.3 Å². The highest BCUT2D eigenvalue weighted by Crippen LogP contribution is 2.48. The lowest BCUT2D eigenvalue weighted by atomic mass is 9.31. The van der Waals surface area contributed by atoms with Gasteiger partial charge in [0.05, 0.1) is 0 Å². The molecule has 2 nitrogen and oxygen atoms in total. The predicted octanol–water partition coefficient (Wildman–Crippen LogP) is 11.0. The molecule has 0 aliphatic carbocycles. The molecule has 7 aromatic rings. The second kappa shape index (κ2) is 11.9. The summed E-state index contributed by atoms with van der Waals surface area (Å²) in [6, 6.07) is 58.5. The van der Waals surface area contributed by atoms with Crippen LogP contribution in [0.3, 0.4) is 0 Å². The summed E-state index contributed by atoms with van der Waals surface area (Å²) < 4.78 is 0. The number of hydrogen-bond donors (Lipinski definition) is 0. The number of rotatable bonds is 4. The van der Waals surface area contributed by atoms with Gasteiger partial charge in [0, 0.05) is 34.1 Å². The molecule has 2 aliphatic heterocycles. The lowest BCUT2D eigenvalue weighted by Gasteiger charge is -2.46. The van der Waals surface area contributed by atoms with Crippen molar-refractivity contribution in [3.63, 3.8) is 0 Å². The van der Waals surface area contributed by atoms with Crippen molar-refractivity contribution in [3.8, 4) is 22.3 Å². The zero-order valence-corrected chi connectivity index (χ0v) is 30.0. The number of benzene rings is 7. The van der Waals surface area contributed by atoms with Crippen molar-refractivity contribution in [1.29, 1.82) is 0 Å². The van der Waals surface area contributed by atoms with Crippen LogP contribution in [-0.2, 0) is 5.41 Å². The van der Waals surface area contributed by atoms with Crippen LogP contribution in [-0.4, -0.2) is 6.71 Å². The summed E-state index contributed by atoms with van der Waals surface area (Å²) in [5.41, 5.74) is 20.1. The Kier molecular flexibility index (Phi) is 7.29. The molecule has 2 heterocycles. The van der Waals surface area contributed by atoms with E-state index < -0.39 is 0 Å². The highest BCUT2D eigenvalue weighted by Gasteiger charge is 2.46. The molecule has 0 bridgehead atoms. The minimum atomic E-state index is -0.0735. The Morgan fingerprint density at radius 3 is 1.14 bits per heavy atom. The molecule has 0 N–H and O–H groups in total. The molecule has 0 amide bonds. The largest absolute Gasteiger partial charge is 0.311 e. The van der Waals surface area contributed by atoms with Crippen LogP contribution in [0.1, 0.15) is 37.5 Å². The van der Waals surface area contributed by atoms with Gasteiger partial charge in [0.25, 0.3) is 6.71 Å². The third-order valence-corrected chi connectivity index (χ3v) is 10.6. The van der Waals surface area contributed by atoms with E-state index in [2.05, 4.69) is 202 Å². The molecule has 0 fully saturated rings. The Hall–Kier alpha value is -5.80. The van der Waals surface area contributed by atoms with Crippen molar-refractivity contribution in [3.05, 3.63) is 174 Å². The van der Waals surface area contributed by atoms with Crippen LogP contribution < -0.4 is 26.2 Å². The molecule has 7 aromatic carbocycles. The van der Waals surface area contributed by atoms with E-state index in [9.17, 15) is 0 Å². The van der Waals surface area contributed by atoms with Gasteiger partial charge in [0.15, 0.2) is 0 Å². The van der Waals surface area contributed by atoms with Gasteiger partial charge >= 0.3 is 0 Å². The first-order valence-electron chi connectivity index (χ1n) is 18.1. The highest BCUT2D eigenvalue weighted by atomic mass is 15.2. The molecule has 3 heteroatoms. The average Bonchev–Trinajstić information content (AvgIpc) is 3.15. The van der Waals surface area contributed by atoms with Crippen molar-refractivity contribution in [1.82, 2.24) is 0 Å². The molecule has 0 saturated carbocycles. The number of hydrogen-bond acceptors (Lipinski definition) is 2. The first-order chi connectivity index (χ1) is 24.8. The van der Waals surface area contributed by atoms with E-state index in [0.29, 0.717) is 0 Å². The number of anilines is 6. The van der Waals surface area contributed by atoms with Gasteiger partial charge < -0.3 is 9.80 Å². The molecular weight excluding hydrogens is 615 g/mol. The van der Waals surface area contributed by atoms with Crippen LogP contribution in [0, 0.1) is 13.8 Å². The molecule has 0 radical (unpaired) electrons. The molecule has 0 unspecified atom stereocenters. The minimum absolute atomic E-state index is 0.0134. The fourth-order valence-corrected chi connectivity index (χ4v) is 8.37. The van der Waals surface area contributed by atoms with Crippen molar-refractivity contribution in [2.75, 3.05) is 9.80 Å². The van der Waals surface area contributed by atoms with Crippen molar-refractivity contribution < 1.29 is 0 Å². The Morgan fingerprint density at radius 2 is 0.765 bits per heavy atom. The monoisotopic (exact) mass is 656 g/mol. The maximum Gasteiger partial charge on any atom is 0.253 e. The summed E-state index contributed by atoms with van der Waals surface area (Å²) in [6.07, 6.45) is 0. The molecule has 9 rings (SSSR count). The molecule has 246 valence electrons. The Bertz CT molecular complexity index is 2250. The van der Waals surface area contributed by atoms with Gasteiger partial charge in [0.1, 0.15) is 0 Å². The number of aryl methyl sites for hydroxylation is 2. The first kappa shape index (κ1) is 31.2. The molecule has 0 saturated heterocycles. The highest BCUT2D eigenvalue weighted by molar-refractivity contribution is 7.02. The van der Waals surface area contributed by atoms with Crippen LogP contribution >= 0.6 is 0 Å². The Balaban J connectivity index is 1.51. The van der Waals surface area contributed by atoms with Gasteiger partial charge in [-0.3, -0.25) is 0 Å². The number of fused-ring (bicyclic) bond motifs is 4. The maximum atomic E-state index is 2.55. The summed E-state index contributed by atoms with van der Waals surface area (Å²) in [4.78, 5) is 5.09. The van der Waals surface area contributed by atoms with Gasteiger partial charge in [0.2, 0.25) is 0 Å². The standard InChI is InChI=1S/C48H41BN2/c1-32-26-39(34-18-10-6-11-19-34)45-41(28-32)50(37-22-14-8-15-23-37)43-30-36(48(3,4)5)31-44-47(43)49(45)46-40(35-20-12-7-13-21-35)27-33(2)29-42(46)51(44)38-24-16-9-17-25-38/h6-31H,1-5H3. The third-order valence-electron chi connectivity index (χ3n) is 10.6. The van der Waals surface area contributed by atoms with E-state index in [1.165, 1.54) is 89.5 Å². The van der Waals surface area contributed by atoms with Gasteiger partial charge in [-0.2, -0.15) is 0 Å². The zero-order valence-electron chi connectivity index (χ0n) is 30.0. The summed E-state index contributed by atoms with van der Waals surface area (Å²) in [7, 11) is 0. The molecule has 0 aromatic heterocycles. The van der Waals surface area contributed by atoms with Crippen LogP contribution in [0.5, 0.6) is 0 Å². The molecule has 2 aliphatic rings. The molecule has 51 heavy (non-hydrogen) atoms. The SMILES string of the molecule is Cc1cc(-c2ccccc2)c2c(c1)N(c1ccccc1)c1cc(C(C)(C)C)cc3c1B2c1c(-c2ccccc2)cc(C)cc1N3c1ccccc1. The quantitative estimate of drug-likeness (QED) is 0.174. The Morgan fingerprint density at radius 1 is 0.412 bits per heavy atom. The lowest BCUT2D eigenvalue weighted by Crippen LogP contribution is -2.62. The molecule has 0 spiro atoms. The second-order valence-corrected chi connectivity index (χ2v) is 15.2. The topological polar surface area (TPSA) is 6.48 Å². The van der Waals surface area contributed by atoms with Crippen molar-refractivity contribution in [2.45, 2.75) is 40.0 Å². The normalized spacial score (nSPS) is 13.1. The summed E-state index contributed by atoms with van der Waals surface area (Å²) in [5, 5.41) is 0. The van der Waals surface area contributed by atoms with Crippen LogP contribution in [0.2, 0.25) is 0 Å². The zero-order chi connectivity index (χ0) is 34.9. The number of nitrogens with zero attached hydrogens (tertiary/aromatic N) is 2. The van der Waals surface area contributed by atoms with E-state index in [0.717, 1.165) is 0 Å². The van der Waals surface area contributed by atoms with Crippen molar-refractivity contribution in [2.24, 2.45) is 0 Å². The molecule has 0 atom stereocenters. The van der Waals surface area contributed by atoms with Gasteiger partial charge in [-0.05, 0) is 123 Å². The van der Waals surface area contributed by atoms with Crippen LogP contribution in [0.4, 0.5) is 34.1 Å². The smallest absolute Gasteiger partial charge is 0.253 e. The second-order valence-electron chi connectivity index (χ2n) is 15.2. The first-order valence-corrected chi connectivity index (χ1v) is 18.1. The minimum Gasteiger partial charge on any atom is -0.311 e. The number of para-hydroxylation sites is 2. The van der Waals surface area contributed by atoms with Crippen molar-refractivity contribution >= 4 is 57.2 Å². The lowest BCUT2D eigenvalue weighted by molar-refractivity contribution is 0.590. The van der Waals surface area contributed by atoms with E-state index in [4.69, 9.17) is 0 Å². The average molecular weight is 657 g/mol. The summed E-state index contributed by atoms with van der Waals surface area (Å²) in [5.74, 6) is 0. The fourth-order valence-electron chi connectivity index (χ4n) is 8.37. The third kappa shape index (κ3) is 5.10. The fraction of sp³-hybridized carbons (Fsp3) is 0.125. The van der Waals surface area contributed by atoms with Gasteiger partial charge in [-0.25, -0.2) is 0 Å². The van der Waals surface area contributed by atoms with E-state index in [1.807, 2.05) is 0 Å². The van der Waals surface area contributed by atoms with Crippen LogP contribution in [0.15, 0.2) is 158 Å². The van der Waals surface area contributed by atoms with Gasteiger partial charge in [-0.15, -0.1) is 0 Å². The molecular formula is C48H41BN2. The Labute approximate surface area is 302 Å². The van der Waals surface area contributed by atoms with E-state index in [-0.39, 0.29) is 12.1 Å². The maximum absolute atomic E-state index is 2.55.